The average molecular weight is 189 g/mol. The van der Waals surface area contributed by atoms with Gasteiger partial charge in [0, 0.05) is 32.7 Å². The molecule has 0 saturated heterocycles. The molecule has 0 aromatic rings. The Morgan fingerprint density at radius 3 is 2.38 bits per heavy atom. The molecule has 0 unspecified atom stereocenters. The molecule has 0 saturated carbocycles. The number of rotatable bonds is 2. The van der Waals surface area contributed by atoms with Crippen molar-refractivity contribution in [1.29, 1.82) is 0 Å². The zero-order valence-electron chi connectivity index (χ0n) is 3.87. The molecule has 0 aliphatic carbocycles. The van der Waals surface area contributed by atoms with Gasteiger partial charge in [0.05, 0.1) is 0 Å². The molecule has 8 heavy (non-hydrogen) atoms. The maximum atomic E-state index is 9.43. The van der Waals surface area contributed by atoms with Crippen molar-refractivity contribution in [1.82, 2.24) is 0 Å². The summed E-state index contributed by atoms with van der Waals surface area (Å²) in [6.07, 6.45) is 1.04. The predicted molar refractivity (Wildman–Crippen MR) is 20.1 cm³/mol. The number of carboxylic acids is 1. The molecule has 0 aliphatic rings. The fraction of sp³-hybridized carbons (Fsp3) is 0. The van der Waals surface area contributed by atoms with Crippen LogP contribution in [-0.2, 0) is 42.3 Å². The number of carbonyl (C=O) groups excluding carboxylic acids is 1. The van der Waals surface area contributed by atoms with Crippen molar-refractivity contribution in [3.63, 3.8) is 0 Å². The summed E-state index contributed by atoms with van der Waals surface area (Å²) in [5, 5.41) is 7.72. The van der Waals surface area contributed by atoms with E-state index in [0.29, 0.717) is 6.54 Å². The smallest absolute Gasteiger partial charge is 0.263 e. The van der Waals surface area contributed by atoms with Crippen LogP contribution in [0.15, 0.2) is 4.99 Å². The van der Waals surface area contributed by atoms with Crippen molar-refractivity contribution >= 4 is 12.0 Å². The van der Waals surface area contributed by atoms with E-state index in [-0.39, 0.29) is 32.7 Å². The standard InChI is InChI=1S/C3H2NO3.Y/c5-2-4-1-3(6)7;/h1H,(H,6,7);/q-1;. The van der Waals surface area contributed by atoms with Gasteiger partial charge in [-0.3, -0.25) is 4.79 Å². The van der Waals surface area contributed by atoms with Gasteiger partial charge in [0.15, 0.2) is 0 Å². The van der Waals surface area contributed by atoms with E-state index in [1.54, 1.807) is 0 Å². The summed E-state index contributed by atoms with van der Waals surface area (Å²) in [5.41, 5.74) is 0. The van der Waals surface area contributed by atoms with Crippen LogP contribution in [-0.4, -0.2) is 17.2 Å². The predicted octanol–water partition coefficient (Wildman–Crippen LogP) is -0.434. The van der Waals surface area contributed by atoms with Gasteiger partial charge >= 0.3 is 0 Å². The molecule has 41 valence electrons. The maximum Gasteiger partial charge on any atom is 0.263 e. The summed E-state index contributed by atoms with van der Waals surface area (Å²) in [5.74, 6) is -1.25. The minimum atomic E-state index is -1.25. The topological polar surface area (TPSA) is 66.7 Å². The van der Waals surface area contributed by atoms with Gasteiger partial charge in [-0.2, -0.15) is 0 Å². The van der Waals surface area contributed by atoms with Gasteiger partial charge in [0.25, 0.3) is 5.97 Å². The third-order valence-corrected chi connectivity index (χ3v) is 0.228. The van der Waals surface area contributed by atoms with Crippen molar-refractivity contribution in [3.8, 4) is 0 Å². The van der Waals surface area contributed by atoms with Crippen LogP contribution in [0.1, 0.15) is 0 Å². The Balaban J connectivity index is 0. The average Bonchev–Trinajstić information content (AvgIpc) is 1.61. The molecular formula is C3H2NO3Y-. The SMILES string of the molecule is O=C=N[CH-]C(=O)O.[Y]. The minimum Gasteiger partial charge on any atom is -0.490 e. The molecule has 0 rings (SSSR count). The zero-order chi connectivity index (χ0) is 5.70. The number of nitrogens with zero attached hydrogens (tertiary/aromatic N) is 1. The number of aliphatic imine (C=N–C) groups is 1. The summed E-state index contributed by atoms with van der Waals surface area (Å²) < 4.78 is 0. The molecule has 0 spiro atoms. The van der Waals surface area contributed by atoms with Crippen LogP contribution in [0.5, 0.6) is 0 Å². The van der Waals surface area contributed by atoms with Crippen molar-refractivity contribution < 1.29 is 47.4 Å². The molecule has 5 heteroatoms. The van der Waals surface area contributed by atoms with Crippen molar-refractivity contribution in [3.05, 3.63) is 6.54 Å². The molecule has 1 radical (unpaired) electrons. The van der Waals surface area contributed by atoms with Crippen LogP contribution >= 0.6 is 0 Å². The van der Waals surface area contributed by atoms with E-state index in [1.165, 1.54) is 0 Å². The van der Waals surface area contributed by atoms with Gasteiger partial charge in [-0.1, -0.05) is 0 Å². The van der Waals surface area contributed by atoms with Crippen molar-refractivity contribution in [2.45, 2.75) is 0 Å². The molecule has 0 aliphatic heterocycles. The van der Waals surface area contributed by atoms with Crippen molar-refractivity contribution in [2.24, 2.45) is 4.99 Å². The first-order valence-corrected chi connectivity index (χ1v) is 1.40. The van der Waals surface area contributed by atoms with E-state index < -0.39 is 5.97 Å². The van der Waals surface area contributed by atoms with Gasteiger partial charge in [-0.05, 0) is 12.6 Å². The summed E-state index contributed by atoms with van der Waals surface area (Å²) in [6, 6.07) is 0. The number of carbonyl (C=O) groups is 1. The summed E-state index contributed by atoms with van der Waals surface area (Å²) in [4.78, 5) is 21.2. The van der Waals surface area contributed by atoms with E-state index in [9.17, 15) is 4.79 Å². The largest absolute Gasteiger partial charge is 0.490 e. The monoisotopic (exact) mass is 189 g/mol. The molecule has 0 heterocycles. The first-order chi connectivity index (χ1) is 3.27. The molecule has 0 fully saturated rings. The summed E-state index contributed by atoms with van der Waals surface area (Å²) in [7, 11) is 0. The Morgan fingerprint density at radius 2 is 2.25 bits per heavy atom. The van der Waals surface area contributed by atoms with E-state index in [0.717, 1.165) is 6.08 Å². The van der Waals surface area contributed by atoms with Crippen LogP contribution in [0.4, 0.5) is 0 Å². The van der Waals surface area contributed by atoms with Crippen molar-refractivity contribution in [2.75, 3.05) is 0 Å². The fourth-order valence-electron chi connectivity index (χ4n) is 0.0816. The minimum absolute atomic E-state index is 0. The maximum absolute atomic E-state index is 9.43. The fourth-order valence-corrected chi connectivity index (χ4v) is 0.0816. The number of hydrogen-bond acceptors (Lipinski definition) is 3. The van der Waals surface area contributed by atoms with Gasteiger partial charge in [0.2, 0.25) is 0 Å². The van der Waals surface area contributed by atoms with E-state index in [4.69, 9.17) is 9.90 Å². The second kappa shape index (κ2) is 6.82. The molecule has 4 nitrogen and oxygen atoms in total. The molecule has 1 N–H and O–H groups in total. The molecule has 0 aromatic carbocycles. The van der Waals surface area contributed by atoms with E-state index in [1.807, 2.05) is 0 Å². The van der Waals surface area contributed by atoms with Crippen LogP contribution in [0, 0.1) is 6.54 Å². The van der Waals surface area contributed by atoms with Crippen LogP contribution < -0.4 is 0 Å². The van der Waals surface area contributed by atoms with Gasteiger partial charge in [0.1, 0.15) is 0 Å². The number of carboxylic acid groups (broad SMARTS) is 1. The third-order valence-electron chi connectivity index (χ3n) is 0.228. The Labute approximate surface area is 70.9 Å². The van der Waals surface area contributed by atoms with Crippen LogP contribution in [0.2, 0.25) is 0 Å². The second-order valence-electron chi connectivity index (χ2n) is 0.688. The van der Waals surface area contributed by atoms with E-state index in [2.05, 4.69) is 4.99 Å². The molecule has 0 atom stereocenters. The van der Waals surface area contributed by atoms with E-state index >= 15 is 0 Å². The number of isocyanates is 1. The zero-order valence-corrected chi connectivity index (χ0v) is 6.70. The summed E-state index contributed by atoms with van der Waals surface area (Å²) >= 11 is 0. The second-order valence-corrected chi connectivity index (χ2v) is 0.688. The molecule has 0 aromatic heterocycles. The number of hydrogen-bond donors (Lipinski definition) is 1. The number of aliphatic carboxylic acids is 1. The first kappa shape index (κ1) is 10.7. The van der Waals surface area contributed by atoms with Gasteiger partial charge in [-0.15, -0.1) is 0 Å². The first-order valence-electron chi connectivity index (χ1n) is 1.40. The Kier molecular flexibility index (Phi) is 9.16. The molecule has 0 bridgehead atoms. The Bertz CT molecular complexity index is 118. The molecule has 0 amide bonds. The quantitative estimate of drug-likeness (QED) is 0.364. The third kappa shape index (κ3) is 9.27. The summed E-state index contributed by atoms with van der Waals surface area (Å²) in [6.45, 7) is 0.465. The Morgan fingerprint density at radius 1 is 1.75 bits per heavy atom. The Hall–Kier alpha value is -0.176. The van der Waals surface area contributed by atoms with Crippen LogP contribution in [0.25, 0.3) is 0 Å². The molecular weight excluding hydrogens is 187 g/mol. The normalized spacial score (nSPS) is 5.50. The van der Waals surface area contributed by atoms with Crippen LogP contribution in [0.3, 0.4) is 0 Å². The van der Waals surface area contributed by atoms with Gasteiger partial charge < -0.3 is 14.9 Å². The van der Waals surface area contributed by atoms with Gasteiger partial charge in [-0.25, -0.2) is 0 Å².